The van der Waals surface area contributed by atoms with Crippen molar-refractivity contribution in [2.24, 2.45) is 0 Å². The van der Waals surface area contributed by atoms with Crippen LogP contribution in [0.15, 0.2) is 18.2 Å². The molecule has 0 unspecified atom stereocenters. The first kappa shape index (κ1) is 16.4. The van der Waals surface area contributed by atoms with Gasteiger partial charge in [-0.05, 0) is 50.1 Å². The molecular formula is C14H23NO3. The van der Waals surface area contributed by atoms with Gasteiger partial charge in [0.1, 0.15) is 12.4 Å². The average molecular weight is 253 g/mol. The first-order valence-corrected chi connectivity index (χ1v) is 6.14. The average Bonchev–Trinajstić information content (AvgIpc) is 2.34. The molecule has 1 rings (SSSR count). The lowest BCUT2D eigenvalue weighted by Gasteiger charge is -2.08. The summed E-state index contributed by atoms with van der Waals surface area (Å²) in [4.78, 5) is 8.36. The molecule has 102 valence electrons. The lowest BCUT2D eigenvalue weighted by Crippen LogP contribution is -2.21. The Labute approximate surface area is 109 Å². The molecule has 4 nitrogen and oxygen atoms in total. The third kappa shape index (κ3) is 7.68. The molecule has 2 N–H and O–H groups in total. The Kier molecular flexibility index (Phi) is 9.68. The second-order valence-electron chi connectivity index (χ2n) is 3.95. The Morgan fingerprint density at radius 3 is 2.50 bits per heavy atom. The van der Waals surface area contributed by atoms with Crippen LogP contribution >= 0.6 is 0 Å². The largest absolute Gasteiger partial charge is 0.492 e. The lowest BCUT2D eigenvalue weighted by atomic mass is 10.1. The van der Waals surface area contributed by atoms with Gasteiger partial charge in [-0.1, -0.05) is 13.0 Å². The molecule has 1 aromatic rings. The van der Waals surface area contributed by atoms with Crippen molar-refractivity contribution in [3.8, 4) is 5.75 Å². The molecule has 0 aliphatic heterocycles. The van der Waals surface area contributed by atoms with Gasteiger partial charge in [-0.25, -0.2) is 0 Å². The van der Waals surface area contributed by atoms with Gasteiger partial charge in [-0.3, -0.25) is 4.79 Å². The Bertz CT molecular complexity index is 340. The van der Waals surface area contributed by atoms with Gasteiger partial charge in [0, 0.05) is 6.54 Å². The summed E-state index contributed by atoms with van der Waals surface area (Å²) < 4.78 is 5.63. The van der Waals surface area contributed by atoms with Crippen LogP contribution in [0, 0.1) is 13.8 Å². The molecule has 0 heterocycles. The first-order chi connectivity index (χ1) is 8.65. The van der Waals surface area contributed by atoms with E-state index in [1.807, 2.05) is 6.07 Å². The van der Waals surface area contributed by atoms with Crippen molar-refractivity contribution in [2.45, 2.75) is 27.2 Å². The SMILES string of the molecule is CCCNCCOc1ccc(C)c(C)c1.O=CO. The van der Waals surface area contributed by atoms with E-state index >= 15 is 0 Å². The van der Waals surface area contributed by atoms with Gasteiger partial charge in [0.15, 0.2) is 0 Å². The molecule has 0 saturated carbocycles. The fourth-order valence-electron chi connectivity index (χ4n) is 1.35. The molecule has 0 radical (unpaired) electrons. The number of aryl methyl sites for hydroxylation is 2. The summed E-state index contributed by atoms with van der Waals surface area (Å²) in [7, 11) is 0. The zero-order chi connectivity index (χ0) is 13.8. The number of nitrogens with one attached hydrogen (secondary N) is 1. The van der Waals surface area contributed by atoms with Gasteiger partial charge in [0.2, 0.25) is 0 Å². The van der Waals surface area contributed by atoms with Crippen molar-refractivity contribution in [3.05, 3.63) is 29.3 Å². The van der Waals surface area contributed by atoms with E-state index in [0.717, 1.165) is 25.4 Å². The Balaban J connectivity index is 0.000000873. The van der Waals surface area contributed by atoms with Gasteiger partial charge in [0.25, 0.3) is 6.47 Å². The number of carbonyl (C=O) groups is 1. The molecule has 0 saturated heterocycles. The van der Waals surface area contributed by atoms with E-state index in [9.17, 15) is 0 Å². The zero-order valence-corrected chi connectivity index (χ0v) is 11.4. The third-order valence-electron chi connectivity index (χ3n) is 2.45. The summed E-state index contributed by atoms with van der Waals surface area (Å²) in [6, 6.07) is 6.22. The van der Waals surface area contributed by atoms with Crippen LogP contribution in [0.25, 0.3) is 0 Å². The first-order valence-electron chi connectivity index (χ1n) is 6.14. The van der Waals surface area contributed by atoms with Crippen LogP contribution in [0.2, 0.25) is 0 Å². The topological polar surface area (TPSA) is 58.6 Å². The molecule has 0 fully saturated rings. The number of rotatable bonds is 6. The van der Waals surface area contributed by atoms with Crippen LogP contribution in [0.3, 0.4) is 0 Å². The highest BCUT2D eigenvalue weighted by molar-refractivity contribution is 5.33. The third-order valence-corrected chi connectivity index (χ3v) is 2.45. The van der Waals surface area contributed by atoms with Crippen molar-refractivity contribution in [1.82, 2.24) is 5.32 Å². The van der Waals surface area contributed by atoms with Crippen molar-refractivity contribution in [1.29, 1.82) is 0 Å². The van der Waals surface area contributed by atoms with Gasteiger partial charge in [-0.15, -0.1) is 0 Å². The molecule has 0 bridgehead atoms. The van der Waals surface area contributed by atoms with Crippen molar-refractivity contribution < 1.29 is 14.6 Å². The van der Waals surface area contributed by atoms with Crippen molar-refractivity contribution in [3.63, 3.8) is 0 Å². The quantitative estimate of drug-likeness (QED) is 0.603. The summed E-state index contributed by atoms with van der Waals surface area (Å²) in [5, 5.41) is 10.2. The van der Waals surface area contributed by atoms with Crippen LogP contribution in [0.4, 0.5) is 0 Å². The number of hydrogen-bond acceptors (Lipinski definition) is 3. The van der Waals surface area contributed by atoms with Crippen LogP contribution < -0.4 is 10.1 Å². The van der Waals surface area contributed by atoms with E-state index in [1.54, 1.807) is 0 Å². The van der Waals surface area contributed by atoms with Crippen molar-refractivity contribution >= 4 is 6.47 Å². The number of carboxylic acid groups (broad SMARTS) is 1. The van der Waals surface area contributed by atoms with E-state index in [4.69, 9.17) is 14.6 Å². The molecule has 4 heteroatoms. The van der Waals surface area contributed by atoms with Crippen LogP contribution in [-0.4, -0.2) is 31.3 Å². The molecular weight excluding hydrogens is 230 g/mol. The Morgan fingerprint density at radius 1 is 1.28 bits per heavy atom. The number of hydrogen-bond donors (Lipinski definition) is 2. The maximum absolute atomic E-state index is 8.36. The highest BCUT2D eigenvalue weighted by atomic mass is 16.5. The van der Waals surface area contributed by atoms with Crippen LogP contribution in [0.5, 0.6) is 5.75 Å². The molecule has 0 aliphatic carbocycles. The molecule has 0 spiro atoms. The van der Waals surface area contributed by atoms with E-state index in [2.05, 4.69) is 38.2 Å². The lowest BCUT2D eigenvalue weighted by molar-refractivity contribution is -0.122. The molecule has 18 heavy (non-hydrogen) atoms. The molecule has 0 aromatic heterocycles. The van der Waals surface area contributed by atoms with E-state index < -0.39 is 0 Å². The second-order valence-corrected chi connectivity index (χ2v) is 3.95. The predicted molar refractivity (Wildman–Crippen MR) is 73.3 cm³/mol. The second kappa shape index (κ2) is 10.6. The fraction of sp³-hybridized carbons (Fsp3) is 0.500. The number of benzene rings is 1. The molecule has 1 aromatic carbocycles. The van der Waals surface area contributed by atoms with E-state index in [1.165, 1.54) is 17.5 Å². The fourth-order valence-corrected chi connectivity index (χ4v) is 1.35. The van der Waals surface area contributed by atoms with Gasteiger partial charge >= 0.3 is 0 Å². The summed E-state index contributed by atoms with van der Waals surface area (Å²) >= 11 is 0. The normalized spacial score (nSPS) is 9.28. The summed E-state index contributed by atoms with van der Waals surface area (Å²) in [5.41, 5.74) is 2.60. The summed E-state index contributed by atoms with van der Waals surface area (Å²) in [6.07, 6.45) is 1.17. The zero-order valence-electron chi connectivity index (χ0n) is 11.4. The van der Waals surface area contributed by atoms with E-state index in [-0.39, 0.29) is 6.47 Å². The van der Waals surface area contributed by atoms with Gasteiger partial charge in [-0.2, -0.15) is 0 Å². The van der Waals surface area contributed by atoms with Crippen LogP contribution in [0.1, 0.15) is 24.5 Å². The minimum Gasteiger partial charge on any atom is -0.492 e. The Morgan fingerprint density at radius 2 is 1.94 bits per heavy atom. The van der Waals surface area contributed by atoms with Crippen molar-refractivity contribution in [2.75, 3.05) is 19.7 Å². The molecule has 0 amide bonds. The Hall–Kier alpha value is -1.55. The monoisotopic (exact) mass is 253 g/mol. The minimum atomic E-state index is -0.250. The summed E-state index contributed by atoms with van der Waals surface area (Å²) in [6.45, 7) is 8.86. The smallest absolute Gasteiger partial charge is 0.290 e. The molecule has 0 aliphatic rings. The standard InChI is InChI=1S/C13H21NO.CH2O2/c1-4-7-14-8-9-15-13-6-5-11(2)12(3)10-13;2-1-3/h5-6,10,14H,4,7-9H2,1-3H3;1H,(H,2,3). The predicted octanol–water partition coefficient (Wildman–Crippen LogP) is 2.38. The summed E-state index contributed by atoms with van der Waals surface area (Å²) in [5.74, 6) is 0.969. The minimum absolute atomic E-state index is 0.250. The maximum Gasteiger partial charge on any atom is 0.290 e. The highest BCUT2D eigenvalue weighted by Gasteiger charge is 1.96. The van der Waals surface area contributed by atoms with Crippen LogP contribution in [-0.2, 0) is 4.79 Å². The maximum atomic E-state index is 8.36. The number of ether oxygens (including phenoxy) is 1. The molecule has 0 atom stereocenters. The highest BCUT2D eigenvalue weighted by Crippen LogP contribution is 2.15. The van der Waals surface area contributed by atoms with E-state index in [0.29, 0.717) is 0 Å². The van der Waals surface area contributed by atoms with Gasteiger partial charge in [0.05, 0.1) is 0 Å². The van der Waals surface area contributed by atoms with Gasteiger partial charge < -0.3 is 15.2 Å².